The highest BCUT2D eigenvalue weighted by molar-refractivity contribution is 7.23. The quantitative estimate of drug-likeness (QED) is 0.0843. The summed E-state index contributed by atoms with van der Waals surface area (Å²) in [7, 11) is 0. The second-order valence-electron chi connectivity index (χ2n) is 8.78. The lowest BCUT2D eigenvalue weighted by atomic mass is 10.3. The molecule has 0 radical (unpaired) electrons. The fourth-order valence-electron chi connectivity index (χ4n) is 3.88. The van der Waals surface area contributed by atoms with Crippen molar-refractivity contribution in [3.63, 3.8) is 0 Å². The SMILES string of the molecule is Cc1nc(Nc2nc3ccccc3s2)sc1C(=O)OCCCOC(O)c1sc([N-]c2nc3ccccc3s2)nc1C. The number of aromatic nitrogens is 4. The Morgan fingerprint density at radius 1 is 0.854 bits per heavy atom. The van der Waals surface area contributed by atoms with Crippen LogP contribution in [0.2, 0.25) is 0 Å². The fourth-order valence-corrected chi connectivity index (χ4v) is 7.43. The number of hydrogen-bond donors (Lipinski definition) is 2. The summed E-state index contributed by atoms with van der Waals surface area (Å²) < 4.78 is 13.1. The van der Waals surface area contributed by atoms with E-state index in [1.807, 2.05) is 48.5 Å². The maximum Gasteiger partial charge on any atom is 0.350 e. The second-order valence-corrected chi connectivity index (χ2v) is 12.8. The number of para-hydroxylation sites is 2. The molecule has 0 spiro atoms. The van der Waals surface area contributed by atoms with Gasteiger partial charge in [0.05, 0.1) is 44.3 Å². The lowest BCUT2D eigenvalue weighted by Gasteiger charge is -2.11. The van der Waals surface area contributed by atoms with Gasteiger partial charge in [0, 0.05) is 16.6 Å². The van der Waals surface area contributed by atoms with Gasteiger partial charge >= 0.3 is 5.97 Å². The standard InChI is InChI=1S/C27H24N6O4S4/c1-14-20(40-24(28-14)32-26-30-16-8-3-5-10-18(16)38-26)22(34)36-12-7-13-37-23(35)21-15(2)29-25(41-21)33-27-31-17-9-4-6-11-19(17)39-27/h3-6,8-11,22,34H,7,12-13H2,1-2H3,(H2,28,29,30,31,32,33,35)/p-1. The third-order valence-electron chi connectivity index (χ3n) is 5.81. The van der Waals surface area contributed by atoms with Crippen LogP contribution in [0, 0.1) is 13.8 Å². The number of carbonyl (C=O) groups excluding carboxylic acids is 1. The van der Waals surface area contributed by atoms with Gasteiger partial charge in [-0.15, -0.1) is 22.7 Å². The lowest BCUT2D eigenvalue weighted by molar-refractivity contribution is -0.103. The molecule has 4 aromatic heterocycles. The molecule has 2 aromatic carbocycles. The molecule has 0 bridgehead atoms. The average Bonchev–Trinajstić information content (AvgIpc) is 3.73. The zero-order chi connectivity index (χ0) is 28.3. The van der Waals surface area contributed by atoms with Crippen LogP contribution in [-0.4, -0.2) is 44.2 Å². The van der Waals surface area contributed by atoms with Gasteiger partial charge in [-0.25, -0.2) is 14.8 Å². The maximum atomic E-state index is 12.6. The monoisotopic (exact) mass is 623 g/mol. The molecule has 4 heterocycles. The van der Waals surface area contributed by atoms with Crippen molar-refractivity contribution in [1.82, 2.24) is 19.9 Å². The predicted molar refractivity (Wildman–Crippen MR) is 165 cm³/mol. The Morgan fingerprint density at radius 2 is 1.54 bits per heavy atom. The van der Waals surface area contributed by atoms with Crippen LogP contribution in [0.3, 0.4) is 0 Å². The number of aliphatic hydroxyl groups excluding tert-OH is 1. The molecule has 0 saturated carbocycles. The largest absolute Gasteiger partial charge is 0.461 e. The Bertz CT molecular complexity index is 1760. The number of rotatable bonds is 11. The molecule has 1 atom stereocenters. The summed E-state index contributed by atoms with van der Waals surface area (Å²) in [6.45, 7) is 3.91. The number of nitrogens with one attached hydrogen (secondary N) is 1. The molecule has 6 rings (SSSR count). The Labute approximate surface area is 250 Å². The van der Waals surface area contributed by atoms with Crippen molar-refractivity contribution in [3.8, 4) is 0 Å². The summed E-state index contributed by atoms with van der Waals surface area (Å²) in [4.78, 5) is 31.6. The molecule has 1 unspecified atom stereocenters. The van der Waals surface area contributed by atoms with Crippen LogP contribution in [0.5, 0.6) is 0 Å². The minimum atomic E-state index is -1.15. The van der Waals surface area contributed by atoms with Crippen molar-refractivity contribution >= 4 is 92.3 Å². The maximum absolute atomic E-state index is 12.6. The van der Waals surface area contributed by atoms with Crippen molar-refractivity contribution in [2.24, 2.45) is 0 Å². The van der Waals surface area contributed by atoms with Crippen LogP contribution < -0.4 is 5.32 Å². The van der Waals surface area contributed by atoms with Gasteiger partial charge in [0.1, 0.15) is 4.88 Å². The molecular weight excluding hydrogens is 601 g/mol. The first-order valence-corrected chi connectivity index (χ1v) is 15.8. The summed E-state index contributed by atoms with van der Waals surface area (Å²) in [6, 6.07) is 15.7. The fraction of sp³-hybridized carbons (Fsp3) is 0.222. The van der Waals surface area contributed by atoms with Crippen LogP contribution in [0.15, 0.2) is 48.5 Å². The molecule has 0 aliphatic carbocycles. The van der Waals surface area contributed by atoms with E-state index in [1.54, 1.807) is 13.8 Å². The minimum absolute atomic E-state index is 0.142. The smallest absolute Gasteiger partial charge is 0.350 e. The highest BCUT2D eigenvalue weighted by Crippen LogP contribution is 2.41. The topological polar surface area (TPSA) is 133 Å². The summed E-state index contributed by atoms with van der Waals surface area (Å²) >= 11 is 5.49. The molecule has 210 valence electrons. The molecule has 0 aliphatic heterocycles. The van der Waals surface area contributed by atoms with Gasteiger partial charge < -0.3 is 35.2 Å². The number of benzene rings is 2. The minimum Gasteiger partial charge on any atom is -0.461 e. The average molecular weight is 624 g/mol. The van der Waals surface area contributed by atoms with Gasteiger partial charge in [-0.3, -0.25) is 0 Å². The van der Waals surface area contributed by atoms with Gasteiger partial charge in [0.2, 0.25) is 0 Å². The first kappa shape index (κ1) is 27.6. The first-order chi connectivity index (χ1) is 19.9. The van der Waals surface area contributed by atoms with Crippen LogP contribution >= 0.6 is 45.3 Å². The van der Waals surface area contributed by atoms with E-state index in [-0.39, 0.29) is 13.2 Å². The van der Waals surface area contributed by atoms with E-state index in [0.29, 0.717) is 48.1 Å². The summed E-state index contributed by atoms with van der Waals surface area (Å²) in [6.07, 6.45) is -0.736. The van der Waals surface area contributed by atoms with Crippen LogP contribution in [0.25, 0.3) is 25.8 Å². The van der Waals surface area contributed by atoms with E-state index in [0.717, 1.165) is 20.4 Å². The van der Waals surface area contributed by atoms with Gasteiger partial charge in [0.25, 0.3) is 0 Å². The van der Waals surface area contributed by atoms with E-state index in [1.165, 1.54) is 45.3 Å². The van der Waals surface area contributed by atoms with Crippen molar-refractivity contribution in [2.45, 2.75) is 26.6 Å². The number of nitrogens with zero attached hydrogens (tertiary/aromatic N) is 5. The number of thiazole rings is 4. The molecule has 2 N–H and O–H groups in total. The highest BCUT2D eigenvalue weighted by atomic mass is 32.1. The highest BCUT2D eigenvalue weighted by Gasteiger charge is 2.18. The molecule has 0 aliphatic rings. The number of aliphatic hydroxyl groups is 1. The van der Waals surface area contributed by atoms with Crippen LogP contribution in [-0.2, 0) is 9.47 Å². The van der Waals surface area contributed by atoms with Gasteiger partial charge in [-0.1, -0.05) is 53.0 Å². The summed E-state index contributed by atoms with van der Waals surface area (Å²) in [5.74, 6) is -0.447. The molecule has 10 nitrogen and oxygen atoms in total. The number of anilines is 2. The number of fused-ring (bicyclic) bond motifs is 2. The molecule has 0 saturated heterocycles. The van der Waals surface area contributed by atoms with Crippen LogP contribution in [0.1, 0.15) is 38.6 Å². The molecule has 6 aromatic rings. The lowest BCUT2D eigenvalue weighted by Crippen LogP contribution is -2.10. The molecular formula is C27H23N6O4S4-. The summed E-state index contributed by atoms with van der Waals surface area (Å²) in [5, 5.41) is 20.7. The third-order valence-corrected chi connectivity index (χ3v) is 9.82. The first-order valence-electron chi connectivity index (χ1n) is 12.5. The van der Waals surface area contributed by atoms with Gasteiger partial charge in [-0.2, -0.15) is 0 Å². The Morgan fingerprint density at radius 3 is 2.29 bits per heavy atom. The normalized spacial score (nSPS) is 12.2. The number of ether oxygens (including phenoxy) is 2. The third kappa shape index (κ3) is 6.37. The van der Waals surface area contributed by atoms with Crippen molar-refractivity contribution in [3.05, 3.63) is 75.0 Å². The number of hydrogen-bond acceptors (Lipinski definition) is 13. The number of carbonyl (C=O) groups is 1. The van der Waals surface area contributed by atoms with Crippen molar-refractivity contribution in [1.29, 1.82) is 0 Å². The Kier molecular flexibility index (Phi) is 8.18. The van der Waals surface area contributed by atoms with Gasteiger partial charge in [-0.05, 0) is 37.7 Å². The molecule has 0 amide bonds. The van der Waals surface area contributed by atoms with E-state index < -0.39 is 12.3 Å². The van der Waals surface area contributed by atoms with Crippen LogP contribution in [0.4, 0.5) is 20.5 Å². The van der Waals surface area contributed by atoms with Gasteiger partial charge in [0.15, 0.2) is 16.6 Å². The van der Waals surface area contributed by atoms with E-state index in [4.69, 9.17) is 9.47 Å². The second kappa shape index (κ2) is 12.1. The Hall–Kier alpha value is -3.53. The number of esters is 1. The van der Waals surface area contributed by atoms with Crippen molar-refractivity contribution < 1.29 is 19.4 Å². The van der Waals surface area contributed by atoms with Crippen molar-refractivity contribution in [2.75, 3.05) is 18.5 Å². The van der Waals surface area contributed by atoms with E-state index in [9.17, 15) is 9.90 Å². The molecule has 14 heteroatoms. The summed E-state index contributed by atoms with van der Waals surface area (Å²) in [5.41, 5.74) is 3.03. The zero-order valence-electron chi connectivity index (χ0n) is 21.9. The van der Waals surface area contributed by atoms with E-state index >= 15 is 0 Å². The predicted octanol–water partition coefficient (Wildman–Crippen LogP) is 7.77. The molecule has 0 fully saturated rings. The van der Waals surface area contributed by atoms with E-state index in [2.05, 4.69) is 30.6 Å². The number of aryl methyl sites for hydroxylation is 2. The zero-order valence-corrected chi connectivity index (χ0v) is 25.1. The Balaban J connectivity index is 0.964. The molecule has 41 heavy (non-hydrogen) atoms.